The van der Waals surface area contributed by atoms with Crippen molar-refractivity contribution in [1.29, 1.82) is 0 Å². The third-order valence-corrected chi connectivity index (χ3v) is 6.19. The van der Waals surface area contributed by atoms with E-state index in [0.717, 1.165) is 16.7 Å². The van der Waals surface area contributed by atoms with Gasteiger partial charge in [-0.05, 0) is 41.7 Å². The van der Waals surface area contributed by atoms with Gasteiger partial charge in [0.25, 0.3) is 5.91 Å². The molecule has 0 spiro atoms. The molecule has 1 aliphatic heterocycles. The summed E-state index contributed by atoms with van der Waals surface area (Å²) in [4.78, 5) is 36.4. The lowest BCUT2D eigenvalue weighted by molar-refractivity contribution is -0.122. The maximum Gasteiger partial charge on any atom is 0.253 e. The topological polar surface area (TPSA) is 108 Å². The molecule has 3 atom stereocenters. The molecule has 3 aromatic carbocycles. The van der Waals surface area contributed by atoms with Gasteiger partial charge < -0.3 is 25.9 Å². The second-order valence-electron chi connectivity index (χ2n) is 8.66. The van der Waals surface area contributed by atoms with E-state index in [9.17, 15) is 19.5 Å². The van der Waals surface area contributed by atoms with Crippen LogP contribution in [0, 0.1) is 5.92 Å². The van der Waals surface area contributed by atoms with Crippen LogP contribution in [0.4, 0.5) is 5.69 Å². The Hall–Kier alpha value is -3.97. The summed E-state index contributed by atoms with van der Waals surface area (Å²) in [6, 6.07) is 23.9. The van der Waals surface area contributed by atoms with E-state index in [2.05, 4.69) is 16.0 Å². The van der Waals surface area contributed by atoms with Crippen LogP contribution < -0.4 is 16.0 Å². The zero-order valence-electron chi connectivity index (χ0n) is 19.3. The molecule has 1 heterocycles. The maximum atomic E-state index is 13.0. The number of anilines is 1. The van der Waals surface area contributed by atoms with Crippen LogP contribution >= 0.6 is 0 Å². The van der Waals surface area contributed by atoms with Crippen LogP contribution in [0.25, 0.3) is 11.1 Å². The number of aldehydes is 1. The molecule has 1 saturated heterocycles. The lowest BCUT2D eigenvalue weighted by Crippen LogP contribution is -2.39. The first-order chi connectivity index (χ1) is 17.0. The van der Waals surface area contributed by atoms with Crippen molar-refractivity contribution < 1.29 is 19.5 Å². The normalized spacial score (nSPS) is 16.7. The van der Waals surface area contributed by atoms with Crippen molar-refractivity contribution in [3.8, 4) is 11.1 Å². The van der Waals surface area contributed by atoms with Crippen LogP contribution in [0.1, 0.15) is 28.8 Å². The molecule has 7 heteroatoms. The third-order valence-electron chi connectivity index (χ3n) is 6.19. The molecular weight excluding hydrogens is 442 g/mol. The largest absolute Gasteiger partial charge is 0.373 e. The second-order valence-corrected chi connectivity index (χ2v) is 8.66. The Morgan fingerprint density at radius 3 is 2.49 bits per heavy atom. The highest BCUT2D eigenvalue weighted by atomic mass is 16.3. The van der Waals surface area contributed by atoms with E-state index < -0.39 is 18.2 Å². The van der Waals surface area contributed by atoms with Crippen molar-refractivity contribution in [2.75, 3.05) is 11.9 Å². The van der Waals surface area contributed by atoms with Crippen molar-refractivity contribution in [3.05, 3.63) is 90.0 Å². The Labute approximate surface area is 204 Å². The zero-order valence-corrected chi connectivity index (χ0v) is 19.3. The Morgan fingerprint density at radius 1 is 1.03 bits per heavy atom. The summed E-state index contributed by atoms with van der Waals surface area (Å²) in [6.07, 6.45) is 0.949. The van der Waals surface area contributed by atoms with Gasteiger partial charge in [-0.2, -0.15) is 0 Å². The fourth-order valence-corrected chi connectivity index (χ4v) is 4.41. The molecule has 4 N–H and O–H groups in total. The quantitative estimate of drug-likeness (QED) is 0.268. The monoisotopic (exact) mass is 471 g/mol. The smallest absolute Gasteiger partial charge is 0.253 e. The van der Waals surface area contributed by atoms with E-state index in [-0.39, 0.29) is 18.2 Å². The number of amides is 2. The molecule has 35 heavy (non-hydrogen) atoms. The zero-order chi connectivity index (χ0) is 24.6. The van der Waals surface area contributed by atoms with Crippen LogP contribution in [-0.2, 0) is 16.0 Å². The Kier molecular flexibility index (Phi) is 7.90. The van der Waals surface area contributed by atoms with E-state index in [1.54, 1.807) is 24.3 Å². The van der Waals surface area contributed by atoms with Crippen LogP contribution in [-0.4, -0.2) is 42.0 Å². The van der Waals surface area contributed by atoms with E-state index in [4.69, 9.17) is 0 Å². The highest BCUT2D eigenvalue weighted by Gasteiger charge is 2.28. The summed E-state index contributed by atoms with van der Waals surface area (Å²) in [7, 11) is 0. The average molecular weight is 472 g/mol. The molecule has 7 nitrogen and oxygen atoms in total. The van der Waals surface area contributed by atoms with Crippen molar-refractivity contribution in [1.82, 2.24) is 10.6 Å². The van der Waals surface area contributed by atoms with Gasteiger partial charge in [-0.3, -0.25) is 9.59 Å². The molecule has 0 aromatic heterocycles. The molecular formula is C28H29N3O4. The molecule has 4 rings (SSSR count). The lowest BCUT2D eigenvalue weighted by Gasteiger charge is -2.20. The van der Waals surface area contributed by atoms with Gasteiger partial charge >= 0.3 is 0 Å². The number of aliphatic hydroxyl groups excluding tert-OH is 1. The molecule has 0 saturated carbocycles. The van der Waals surface area contributed by atoms with Gasteiger partial charge in [0.1, 0.15) is 12.5 Å². The van der Waals surface area contributed by atoms with Crippen LogP contribution in [0.15, 0.2) is 78.9 Å². The van der Waals surface area contributed by atoms with Crippen LogP contribution in [0.3, 0.4) is 0 Å². The molecule has 0 aliphatic carbocycles. The molecule has 1 fully saturated rings. The minimum Gasteiger partial charge on any atom is -0.373 e. The van der Waals surface area contributed by atoms with Gasteiger partial charge in [-0.1, -0.05) is 66.7 Å². The summed E-state index contributed by atoms with van der Waals surface area (Å²) < 4.78 is 0. The molecule has 180 valence electrons. The highest BCUT2D eigenvalue weighted by molar-refractivity contribution is 6.00. The van der Waals surface area contributed by atoms with Gasteiger partial charge in [0.2, 0.25) is 5.91 Å². The first-order valence-electron chi connectivity index (χ1n) is 11.8. The summed E-state index contributed by atoms with van der Waals surface area (Å²) >= 11 is 0. The number of carbonyl (C=O) groups is 3. The Morgan fingerprint density at radius 2 is 1.74 bits per heavy atom. The predicted molar refractivity (Wildman–Crippen MR) is 135 cm³/mol. The molecule has 2 amide bonds. The summed E-state index contributed by atoms with van der Waals surface area (Å²) in [5.41, 5.74) is 3.83. The first-order valence-corrected chi connectivity index (χ1v) is 11.8. The number of para-hydroxylation sites is 1. The number of benzene rings is 3. The molecule has 1 aliphatic rings. The number of aliphatic hydroxyl groups is 1. The third kappa shape index (κ3) is 6.13. The molecule has 0 bridgehead atoms. The number of carbonyl (C=O) groups excluding carboxylic acids is 3. The number of hydrogen-bond donors (Lipinski definition) is 4. The molecule has 2 unspecified atom stereocenters. The van der Waals surface area contributed by atoms with Crippen LogP contribution in [0.2, 0.25) is 0 Å². The highest BCUT2D eigenvalue weighted by Crippen LogP contribution is 2.25. The second kappa shape index (κ2) is 11.4. The van der Waals surface area contributed by atoms with Gasteiger partial charge in [-0.15, -0.1) is 0 Å². The summed E-state index contributed by atoms with van der Waals surface area (Å²) in [5.74, 6) is -0.821. The predicted octanol–water partition coefficient (Wildman–Crippen LogP) is 3.15. The van der Waals surface area contributed by atoms with Crippen molar-refractivity contribution in [3.63, 3.8) is 0 Å². The minimum atomic E-state index is -0.946. The number of nitrogens with one attached hydrogen (secondary N) is 3. The summed E-state index contributed by atoms with van der Waals surface area (Å²) in [5, 5.41) is 19.3. The number of rotatable bonds is 10. The standard InChI is InChI=1S/C28H29N3O4/c32-18-22(16-21-14-15-29-27(21)34)30-28(35)24-12-6-7-13-25(24)31-26(33)17-20-10-4-5-11-23(20)19-8-2-1-3-9-19/h1-13,18,21-22,26,31,33H,14-17H2,(H,29,34)(H,30,35)/t21?,22-,26?/m0/s1. The average Bonchev–Trinajstić information content (AvgIpc) is 3.28. The fraction of sp³-hybridized carbons (Fsp3) is 0.250. The molecule has 0 radical (unpaired) electrons. The van der Waals surface area contributed by atoms with Gasteiger partial charge in [0, 0.05) is 24.6 Å². The van der Waals surface area contributed by atoms with Gasteiger partial charge in [0.15, 0.2) is 0 Å². The van der Waals surface area contributed by atoms with Gasteiger partial charge in [-0.25, -0.2) is 0 Å². The molecule has 3 aromatic rings. The number of hydrogen-bond acceptors (Lipinski definition) is 5. The van der Waals surface area contributed by atoms with E-state index in [0.29, 0.717) is 36.9 Å². The Bertz CT molecular complexity index is 1180. The van der Waals surface area contributed by atoms with Crippen molar-refractivity contribution >= 4 is 23.8 Å². The fourth-order valence-electron chi connectivity index (χ4n) is 4.41. The lowest BCUT2D eigenvalue weighted by atomic mass is 9.97. The van der Waals surface area contributed by atoms with Crippen LogP contribution in [0.5, 0.6) is 0 Å². The summed E-state index contributed by atoms with van der Waals surface area (Å²) in [6.45, 7) is 0.584. The van der Waals surface area contributed by atoms with E-state index >= 15 is 0 Å². The SMILES string of the molecule is O=C[C@H](CC1CCNC1=O)NC(=O)c1ccccc1NC(O)Cc1ccccc1-c1ccccc1. The minimum absolute atomic E-state index is 0.0907. The van der Waals surface area contributed by atoms with Crippen molar-refractivity contribution in [2.45, 2.75) is 31.5 Å². The van der Waals surface area contributed by atoms with E-state index in [1.165, 1.54) is 0 Å². The first kappa shape index (κ1) is 24.2. The maximum absolute atomic E-state index is 13.0. The Balaban J connectivity index is 1.44. The van der Waals surface area contributed by atoms with Gasteiger partial charge in [0.05, 0.1) is 11.6 Å². The van der Waals surface area contributed by atoms with Crippen molar-refractivity contribution in [2.24, 2.45) is 5.92 Å². The van der Waals surface area contributed by atoms with E-state index in [1.807, 2.05) is 54.6 Å².